The summed E-state index contributed by atoms with van der Waals surface area (Å²) in [6.07, 6.45) is 4.72. The summed E-state index contributed by atoms with van der Waals surface area (Å²) in [5, 5.41) is 9.49. The van der Waals surface area contributed by atoms with E-state index in [1.54, 1.807) is 17.0 Å². The normalized spacial score (nSPS) is 19.4. The Morgan fingerprint density at radius 1 is 1.05 bits per heavy atom. The molecule has 1 amide bonds. The van der Waals surface area contributed by atoms with Crippen LogP contribution in [0.2, 0.25) is 0 Å². The number of nitrogens with zero attached hydrogens (tertiary/aromatic N) is 2. The van der Waals surface area contributed by atoms with Gasteiger partial charge in [0.1, 0.15) is 17.2 Å². The zero-order valence-electron chi connectivity index (χ0n) is 22.1. The molecule has 1 N–H and O–H groups in total. The Kier molecular flexibility index (Phi) is 9.19. The number of hydrogen-bond donors (Lipinski definition) is 1. The van der Waals surface area contributed by atoms with Crippen LogP contribution in [0.25, 0.3) is 11.1 Å². The van der Waals surface area contributed by atoms with Crippen molar-refractivity contribution >= 4 is 5.91 Å². The van der Waals surface area contributed by atoms with E-state index in [4.69, 9.17) is 4.74 Å². The molecule has 37 heavy (non-hydrogen) atoms. The van der Waals surface area contributed by atoms with Crippen LogP contribution >= 0.6 is 0 Å². The van der Waals surface area contributed by atoms with Gasteiger partial charge in [0.15, 0.2) is 0 Å². The van der Waals surface area contributed by atoms with Crippen LogP contribution in [-0.2, 0) is 0 Å². The molecule has 2 aromatic rings. The number of benzene rings is 2. The van der Waals surface area contributed by atoms with Crippen LogP contribution in [0, 0.1) is 11.7 Å². The van der Waals surface area contributed by atoms with E-state index < -0.39 is 11.5 Å². The van der Waals surface area contributed by atoms with E-state index in [2.05, 4.69) is 4.90 Å². The summed E-state index contributed by atoms with van der Waals surface area (Å²) >= 11 is 0. The Hall–Kier alpha value is -2.51. The van der Waals surface area contributed by atoms with Crippen LogP contribution < -0.4 is 4.74 Å². The smallest absolute Gasteiger partial charge is 0.254 e. The predicted molar refractivity (Wildman–Crippen MR) is 142 cm³/mol. The molecule has 202 valence electrons. The minimum absolute atomic E-state index is 0.0718. The first-order valence-corrected chi connectivity index (χ1v) is 13.7. The lowest BCUT2D eigenvalue weighted by molar-refractivity contribution is 0.0568. The van der Waals surface area contributed by atoms with Gasteiger partial charge in [0, 0.05) is 24.2 Å². The molecule has 0 aliphatic carbocycles. The SMILES string of the molecule is CCC(F)(CC)CN1CCC(COc2ccc(-c3ccc(C(=O)N4CCC[C@@H]4CO)cc3F)cc2)CC1. The number of halogens is 2. The number of piperidine rings is 1. The van der Waals surface area contributed by atoms with Crippen LogP contribution in [-0.4, -0.2) is 71.9 Å². The maximum atomic E-state index is 15.0. The van der Waals surface area contributed by atoms with Crippen molar-refractivity contribution in [1.82, 2.24) is 9.80 Å². The molecule has 0 aromatic heterocycles. The minimum Gasteiger partial charge on any atom is -0.493 e. The van der Waals surface area contributed by atoms with Gasteiger partial charge in [-0.3, -0.25) is 4.79 Å². The number of aliphatic hydroxyl groups is 1. The van der Waals surface area contributed by atoms with Crippen molar-refractivity contribution in [1.29, 1.82) is 0 Å². The van der Waals surface area contributed by atoms with Crippen molar-refractivity contribution in [3.63, 3.8) is 0 Å². The summed E-state index contributed by atoms with van der Waals surface area (Å²) in [6.45, 7) is 7.28. The van der Waals surface area contributed by atoms with Crippen molar-refractivity contribution in [2.24, 2.45) is 5.92 Å². The molecule has 2 fully saturated rings. The second-order valence-electron chi connectivity index (χ2n) is 10.6. The Bertz CT molecular complexity index is 1030. The molecule has 2 aliphatic heterocycles. The molecule has 2 heterocycles. The Morgan fingerprint density at radius 2 is 1.76 bits per heavy atom. The van der Waals surface area contributed by atoms with Gasteiger partial charge >= 0.3 is 0 Å². The number of carbonyl (C=O) groups is 1. The van der Waals surface area contributed by atoms with Crippen molar-refractivity contribution in [3.8, 4) is 16.9 Å². The summed E-state index contributed by atoms with van der Waals surface area (Å²) in [5.41, 5.74) is 0.359. The molecule has 2 aromatic carbocycles. The van der Waals surface area contributed by atoms with Gasteiger partial charge in [0.05, 0.1) is 19.3 Å². The average Bonchev–Trinajstić information content (AvgIpc) is 3.41. The van der Waals surface area contributed by atoms with Gasteiger partial charge < -0.3 is 19.6 Å². The molecule has 0 spiro atoms. The topological polar surface area (TPSA) is 53.0 Å². The van der Waals surface area contributed by atoms with Crippen LogP contribution in [0.5, 0.6) is 5.75 Å². The summed E-state index contributed by atoms with van der Waals surface area (Å²) in [5.74, 6) is 0.491. The first kappa shape index (κ1) is 27.5. The fourth-order valence-corrected chi connectivity index (χ4v) is 5.47. The molecule has 2 aliphatic rings. The minimum atomic E-state index is -1.09. The molecule has 7 heteroatoms. The fourth-order valence-electron chi connectivity index (χ4n) is 5.47. The molecule has 0 radical (unpaired) electrons. The third-order valence-electron chi connectivity index (χ3n) is 8.20. The molecule has 5 nitrogen and oxygen atoms in total. The molecular formula is C30H40F2N2O3. The van der Waals surface area contributed by atoms with Gasteiger partial charge in [-0.15, -0.1) is 0 Å². The lowest BCUT2D eigenvalue weighted by Crippen LogP contribution is -2.44. The van der Waals surface area contributed by atoms with Gasteiger partial charge in [0.2, 0.25) is 0 Å². The van der Waals surface area contributed by atoms with Gasteiger partial charge in [-0.1, -0.05) is 32.0 Å². The summed E-state index contributed by atoms with van der Waals surface area (Å²) < 4.78 is 35.7. The highest BCUT2D eigenvalue weighted by Gasteiger charge is 2.31. The number of amides is 1. The lowest BCUT2D eigenvalue weighted by atomic mass is 9.94. The highest BCUT2D eigenvalue weighted by atomic mass is 19.1. The van der Waals surface area contributed by atoms with Crippen LogP contribution in [0.1, 0.15) is 62.7 Å². The van der Waals surface area contributed by atoms with Crippen LogP contribution in [0.15, 0.2) is 42.5 Å². The first-order valence-electron chi connectivity index (χ1n) is 13.7. The van der Waals surface area contributed by atoms with Gasteiger partial charge in [0.25, 0.3) is 5.91 Å². The Balaban J connectivity index is 1.29. The highest BCUT2D eigenvalue weighted by Crippen LogP contribution is 2.29. The number of ether oxygens (including phenoxy) is 1. The van der Waals surface area contributed by atoms with Gasteiger partial charge in [-0.25, -0.2) is 8.78 Å². The van der Waals surface area contributed by atoms with Crippen molar-refractivity contribution in [2.45, 2.75) is 64.1 Å². The number of carbonyl (C=O) groups excluding carboxylic acids is 1. The van der Waals surface area contributed by atoms with E-state index in [1.807, 2.05) is 38.1 Å². The molecule has 0 saturated carbocycles. The third-order valence-corrected chi connectivity index (χ3v) is 8.20. The molecule has 4 rings (SSSR count). The van der Waals surface area contributed by atoms with Crippen molar-refractivity contribution in [2.75, 3.05) is 39.4 Å². The van der Waals surface area contributed by atoms with Crippen LogP contribution in [0.4, 0.5) is 8.78 Å². The molecular weight excluding hydrogens is 474 g/mol. The van der Waals surface area contributed by atoms with E-state index in [0.29, 0.717) is 55.1 Å². The Labute approximate surface area is 219 Å². The second-order valence-corrected chi connectivity index (χ2v) is 10.6. The Morgan fingerprint density at radius 3 is 2.38 bits per heavy atom. The standard InChI is InChI=1S/C30H40F2N2O3/c1-3-30(32,4-2)21-33-16-13-22(14-17-33)20-37-26-10-7-23(8-11-26)27-12-9-24(18-28(27)31)29(36)34-15-5-6-25(34)19-35/h7-12,18,22,25,35H,3-6,13-17,19-21H2,1-2H3/t25-/m1/s1. The van der Waals surface area contributed by atoms with Gasteiger partial charge in [-0.05, 0) is 87.4 Å². The first-order chi connectivity index (χ1) is 17.9. The number of rotatable bonds is 10. The lowest BCUT2D eigenvalue weighted by Gasteiger charge is -2.36. The largest absolute Gasteiger partial charge is 0.493 e. The third kappa shape index (κ3) is 6.68. The average molecular weight is 515 g/mol. The van der Waals surface area contributed by atoms with Gasteiger partial charge in [-0.2, -0.15) is 0 Å². The van der Waals surface area contributed by atoms with Crippen molar-refractivity contribution < 1.29 is 23.4 Å². The maximum absolute atomic E-state index is 15.0. The van der Waals surface area contributed by atoms with E-state index >= 15 is 0 Å². The zero-order valence-corrected chi connectivity index (χ0v) is 22.1. The molecule has 0 bridgehead atoms. The van der Waals surface area contributed by atoms with E-state index in [-0.39, 0.29) is 18.6 Å². The van der Waals surface area contributed by atoms with Crippen molar-refractivity contribution in [3.05, 3.63) is 53.8 Å². The highest BCUT2D eigenvalue weighted by molar-refractivity contribution is 5.95. The predicted octanol–water partition coefficient (Wildman–Crippen LogP) is 5.71. The molecule has 0 unspecified atom stereocenters. The summed E-state index contributed by atoms with van der Waals surface area (Å²) in [4.78, 5) is 16.7. The van der Waals surface area contributed by atoms with E-state index in [1.165, 1.54) is 6.07 Å². The zero-order chi connectivity index (χ0) is 26.4. The number of aliphatic hydroxyl groups excluding tert-OH is 1. The second kappa shape index (κ2) is 12.4. The van der Waals surface area contributed by atoms with E-state index in [9.17, 15) is 18.7 Å². The molecule has 2 saturated heterocycles. The van der Waals surface area contributed by atoms with E-state index in [0.717, 1.165) is 44.5 Å². The number of alkyl halides is 1. The summed E-state index contributed by atoms with van der Waals surface area (Å²) in [6, 6.07) is 11.7. The monoisotopic (exact) mass is 514 g/mol. The quantitative estimate of drug-likeness (QED) is 0.441. The fraction of sp³-hybridized carbons (Fsp3) is 0.567. The summed E-state index contributed by atoms with van der Waals surface area (Å²) in [7, 11) is 0. The molecule has 1 atom stereocenters. The maximum Gasteiger partial charge on any atom is 0.254 e. The van der Waals surface area contributed by atoms with Crippen LogP contribution in [0.3, 0.4) is 0 Å². The number of likely N-dealkylation sites (tertiary alicyclic amines) is 2. The number of hydrogen-bond acceptors (Lipinski definition) is 4.